The topological polar surface area (TPSA) is 45.9 Å². The Balaban J connectivity index is 1.83. The van der Waals surface area contributed by atoms with E-state index in [0.717, 1.165) is 23.7 Å². The van der Waals surface area contributed by atoms with E-state index in [1.807, 2.05) is 30.3 Å². The van der Waals surface area contributed by atoms with Gasteiger partial charge in [0.05, 0.1) is 12.1 Å². The van der Waals surface area contributed by atoms with Crippen molar-refractivity contribution in [2.75, 3.05) is 6.61 Å². The van der Waals surface area contributed by atoms with Gasteiger partial charge in [-0.15, -0.1) is 0 Å². The highest BCUT2D eigenvalue weighted by Crippen LogP contribution is 2.27. The van der Waals surface area contributed by atoms with Crippen LogP contribution < -0.4 is 4.74 Å². The summed E-state index contributed by atoms with van der Waals surface area (Å²) in [6.45, 7) is 2.86. The van der Waals surface area contributed by atoms with Gasteiger partial charge in [0.2, 0.25) is 5.88 Å². The zero-order chi connectivity index (χ0) is 14.7. The number of fused-ring (bicyclic) bond motifs is 1. The van der Waals surface area contributed by atoms with Crippen LogP contribution >= 0.6 is 0 Å². The predicted molar refractivity (Wildman–Crippen MR) is 83.0 cm³/mol. The number of hydrogen-bond acceptors (Lipinski definition) is 3. The molecular formula is C18H18N2O. The molecule has 3 rings (SSSR count). The monoisotopic (exact) mass is 278 g/mol. The average molecular weight is 278 g/mol. The number of para-hydroxylation sites is 1. The van der Waals surface area contributed by atoms with Crippen LogP contribution in [0.15, 0.2) is 42.5 Å². The number of nitrogens with zero attached hydrogens (tertiary/aromatic N) is 2. The molecule has 1 aromatic carbocycles. The zero-order valence-corrected chi connectivity index (χ0v) is 12.1. The van der Waals surface area contributed by atoms with Gasteiger partial charge in [-0.25, -0.2) is 4.98 Å². The Morgan fingerprint density at radius 3 is 2.90 bits per heavy atom. The van der Waals surface area contributed by atoms with Gasteiger partial charge in [-0.05, 0) is 36.8 Å². The smallest absolute Gasteiger partial charge is 0.232 e. The number of benzene rings is 1. The van der Waals surface area contributed by atoms with Crippen molar-refractivity contribution in [1.29, 1.82) is 5.26 Å². The van der Waals surface area contributed by atoms with E-state index in [0.29, 0.717) is 29.9 Å². The van der Waals surface area contributed by atoms with Crippen LogP contribution in [-0.4, -0.2) is 11.6 Å². The Hall–Kier alpha value is -2.34. The summed E-state index contributed by atoms with van der Waals surface area (Å²) in [6, 6.07) is 11.8. The van der Waals surface area contributed by atoms with Gasteiger partial charge in [0.1, 0.15) is 11.6 Å². The van der Waals surface area contributed by atoms with E-state index in [2.05, 4.69) is 30.1 Å². The highest BCUT2D eigenvalue weighted by molar-refractivity contribution is 5.80. The molecule has 1 aliphatic carbocycles. The molecule has 0 radical (unpaired) electrons. The highest BCUT2D eigenvalue weighted by Gasteiger charge is 2.20. The van der Waals surface area contributed by atoms with Crippen molar-refractivity contribution in [3.05, 3.63) is 48.0 Å². The van der Waals surface area contributed by atoms with Crippen molar-refractivity contribution in [3.8, 4) is 11.9 Å². The van der Waals surface area contributed by atoms with Crippen molar-refractivity contribution in [3.63, 3.8) is 0 Å². The maximum atomic E-state index is 9.29. The third-order valence-corrected chi connectivity index (χ3v) is 4.16. The predicted octanol–water partition coefficient (Wildman–Crippen LogP) is 4.09. The molecule has 0 amide bonds. The summed E-state index contributed by atoms with van der Waals surface area (Å²) in [7, 11) is 0. The van der Waals surface area contributed by atoms with E-state index in [4.69, 9.17) is 4.74 Å². The molecule has 0 saturated carbocycles. The molecule has 0 aliphatic heterocycles. The van der Waals surface area contributed by atoms with Crippen molar-refractivity contribution < 1.29 is 4.74 Å². The quantitative estimate of drug-likeness (QED) is 0.794. The lowest BCUT2D eigenvalue weighted by molar-refractivity contribution is 0.193. The lowest BCUT2D eigenvalue weighted by Crippen LogP contribution is -2.21. The average Bonchev–Trinajstić information content (AvgIpc) is 2.53. The van der Waals surface area contributed by atoms with Crippen molar-refractivity contribution in [1.82, 2.24) is 4.98 Å². The van der Waals surface area contributed by atoms with Crippen molar-refractivity contribution in [2.24, 2.45) is 11.8 Å². The van der Waals surface area contributed by atoms with Crippen molar-refractivity contribution in [2.45, 2.75) is 19.8 Å². The van der Waals surface area contributed by atoms with Crippen LogP contribution in [0.4, 0.5) is 0 Å². The fraction of sp³-hybridized carbons (Fsp3) is 0.333. The van der Waals surface area contributed by atoms with E-state index < -0.39 is 0 Å². The summed E-state index contributed by atoms with van der Waals surface area (Å²) < 4.78 is 5.88. The molecule has 2 atom stereocenters. The van der Waals surface area contributed by atoms with Crippen LogP contribution in [0.5, 0.6) is 5.88 Å². The van der Waals surface area contributed by atoms with Crippen LogP contribution in [-0.2, 0) is 0 Å². The molecule has 0 bridgehead atoms. The number of ether oxygens (including phenoxy) is 1. The van der Waals surface area contributed by atoms with Gasteiger partial charge in [0.25, 0.3) is 0 Å². The van der Waals surface area contributed by atoms with Crippen molar-refractivity contribution >= 4 is 10.9 Å². The Bertz CT molecular complexity index is 715. The van der Waals surface area contributed by atoms with E-state index in [1.54, 1.807) is 0 Å². The Morgan fingerprint density at radius 1 is 1.29 bits per heavy atom. The first-order valence-electron chi connectivity index (χ1n) is 7.35. The summed E-state index contributed by atoms with van der Waals surface area (Å²) in [5, 5.41) is 10.3. The third-order valence-electron chi connectivity index (χ3n) is 4.16. The molecule has 0 N–H and O–H groups in total. The molecule has 0 saturated heterocycles. The second-order valence-corrected chi connectivity index (χ2v) is 5.64. The molecule has 2 unspecified atom stereocenters. The molecule has 1 heterocycles. The molecule has 21 heavy (non-hydrogen) atoms. The number of nitriles is 1. The van der Waals surface area contributed by atoms with Crippen LogP contribution in [0.3, 0.4) is 0 Å². The van der Waals surface area contributed by atoms with E-state index in [1.165, 1.54) is 0 Å². The Labute approximate surface area is 124 Å². The third kappa shape index (κ3) is 2.90. The van der Waals surface area contributed by atoms with Gasteiger partial charge in [-0.3, -0.25) is 0 Å². The molecule has 1 aliphatic rings. The fourth-order valence-corrected chi connectivity index (χ4v) is 2.71. The minimum absolute atomic E-state index is 0.456. The summed E-state index contributed by atoms with van der Waals surface area (Å²) in [6.07, 6.45) is 6.59. The SMILES string of the molecule is CC1CC=CCC1COc1nc2ccccc2cc1C#N. The van der Waals surface area contributed by atoms with Crippen LogP contribution in [0.1, 0.15) is 25.3 Å². The summed E-state index contributed by atoms with van der Waals surface area (Å²) in [5.74, 6) is 1.56. The van der Waals surface area contributed by atoms with Crippen LogP contribution in [0.25, 0.3) is 10.9 Å². The lowest BCUT2D eigenvalue weighted by Gasteiger charge is -2.25. The zero-order valence-electron chi connectivity index (χ0n) is 12.1. The number of rotatable bonds is 3. The molecule has 3 nitrogen and oxygen atoms in total. The molecule has 0 fully saturated rings. The number of hydrogen-bond donors (Lipinski definition) is 0. The van der Waals surface area contributed by atoms with E-state index in [9.17, 15) is 5.26 Å². The number of pyridine rings is 1. The van der Waals surface area contributed by atoms with Gasteiger partial charge in [-0.1, -0.05) is 37.3 Å². The normalized spacial score (nSPS) is 21.1. The van der Waals surface area contributed by atoms with Gasteiger partial charge >= 0.3 is 0 Å². The maximum Gasteiger partial charge on any atom is 0.232 e. The second-order valence-electron chi connectivity index (χ2n) is 5.64. The molecule has 2 aromatic rings. The standard InChI is InChI=1S/C18H18N2O/c1-13-6-2-3-8-15(13)12-21-18-16(11-19)10-14-7-4-5-9-17(14)20-18/h2-5,7,9-10,13,15H,6,8,12H2,1H3. The van der Waals surface area contributed by atoms with Gasteiger partial charge < -0.3 is 4.74 Å². The first-order chi connectivity index (χ1) is 10.3. The fourth-order valence-electron chi connectivity index (χ4n) is 2.71. The van der Waals surface area contributed by atoms with Gasteiger partial charge in [0, 0.05) is 5.39 Å². The first kappa shape index (κ1) is 13.6. The first-order valence-corrected chi connectivity index (χ1v) is 7.35. The van der Waals surface area contributed by atoms with E-state index in [-0.39, 0.29) is 0 Å². The van der Waals surface area contributed by atoms with E-state index >= 15 is 0 Å². The number of allylic oxidation sites excluding steroid dienone is 2. The summed E-state index contributed by atoms with van der Waals surface area (Å²) in [4.78, 5) is 4.49. The van der Waals surface area contributed by atoms with Gasteiger partial charge in [-0.2, -0.15) is 5.26 Å². The molecule has 1 aromatic heterocycles. The van der Waals surface area contributed by atoms with Crippen LogP contribution in [0, 0.1) is 23.2 Å². The van der Waals surface area contributed by atoms with Crippen LogP contribution in [0.2, 0.25) is 0 Å². The Morgan fingerprint density at radius 2 is 2.10 bits per heavy atom. The largest absolute Gasteiger partial charge is 0.476 e. The maximum absolute atomic E-state index is 9.29. The minimum atomic E-state index is 0.456. The van der Waals surface area contributed by atoms with Gasteiger partial charge in [0.15, 0.2) is 0 Å². The Kier molecular flexibility index (Phi) is 3.87. The lowest BCUT2D eigenvalue weighted by atomic mass is 9.85. The number of aromatic nitrogens is 1. The second kappa shape index (κ2) is 5.97. The summed E-state index contributed by atoms with van der Waals surface area (Å²) >= 11 is 0. The molecular weight excluding hydrogens is 260 g/mol. The molecule has 0 spiro atoms. The summed E-state index contributed by atoms with van der Waals surface area (Å²) in [5.41, 5.74) is 1.37. The molecule has 106 valence electrons. The highest BCUT2D eigenvalue weighted by atomic mass is 16.5. The molecule has 3 heteroatoms. The minimum Gasteiger partial charge on any atom is -0.476 e.